The Kier molecular flexibility index (Phi) is 6.57. The van der Waals surface area contributed by atoms with Crippen LogP contribution in [0.25, 0.3) is 0 Å². The van der Waals surface area contributed by atoms with Gasteiger partial charge in [0.05, 0.1) is 0 Å². The summed E-state index contributed by atoms with van der Waals surface area (Å²) in [4.78, 5) is 0. The second-order valence-corrected chi connectivity index (χ2v) is 5.09. The van der Waals surface area contributed by atoms with Crippen LogP contribution < -0.4 is 0 Å². The molecule has 0 aromatic carbocycles. The maximum atomic E-state index is 5.45. The van der Waals surface area contributed by atoms with Crippen molar-refractivity contribution in [1.82, 2.24) is 0 Å². The van der Waals surface area contributed by atoms with Gasteiger partial charge in [-0.25, -0.2) is 0 Å². The number of unbranched alkanes of at least 4 members (excludes halogenated alkanes) is 4. The molecular formula is C15H26. The van der Waals surface area contributed by atoms with E-state index in [0.717, 1.165) is 5.92 Å². The number of terminal acetylenes is 1. The minimum atomic E-state index is 0.598. The molecule has 0 amide bonds. The van der Waals surface area contributed by atoms with E-state index in [0.29, 0.717) is 5.92 Å². The van der Waals surface area contributed by atoms with Crippen LogP contribution >= 0.6 is 0 Å². The van der Waals surface area contributed by atoms with Crippen LogP contribution in [-0.4, -0.2) is 0 Å². The molecule has 1 saturated carbocycles. The van der Waals surface area contributed by atoms with Gasteiger partial charge in [-0.05, 0) is 31.6 Å². The lowest BCUT2D eigenvalue weighted by atomic mass is 9.80. The highest BCUT2D eigenvalue weighted by Crippen LogP contribution is 2.31. The van der Waals surface area contributed by atoms with Gasteiger partial charge in [0, 0.05) is 5.92 Å². The van der Waals surface area contributed by atoms with E-state index in [2.05, 4.69) is 12.8 Å². The van der Waals surface area contributed by atoms with Gasteiger partial charge in [-0.1, -0.05) is 45.4 Å². The van der Waals surface area contributed by atoms with Crippen molar-refractivity contribution in [2.24, 2.45) is 11.8 Å². The van der Waals surface area contributed by atoms with E-state index >= 15 is 0 Å². The molecule has 0 nitrogen and oxygen atoms in total. The average Bonchev–Trinajstić information content (AvgIpc) is 2.30. The normalized spacial score (nSPS) is 26.1. The summed E-state index contributed by atoms with van der Waals surface area (Å²) in [5, 5.41) is 0. The highest BCUT2D eigenvalue weighted by molar-refractivity contribution is 4.95. The molecule has 0 aromatic heterocycles. The quantitative estimate of drug-likeness (QED) is 0.433. The Labute approximate surface area is 95.8 Å². The maximum absolute atomic E-state index is 5.45. The third-order valence-corrected chi connectivity index (χ3v) is 3.80. The Hall–Kier alpha value is -0.440. The molecule has 1 aliphatic carbocycles. The van der Waals surface area contributed by atoms with Crippen molar-refractivity contribution in [3.63, 3.8) is 0 Å². The van der Waals surface area contributed by atoms with Crippen molar-refractivity contribution in [2.45, 2.75) is 71.1 Å². The van der Waals surface area contributed by atoms with Gasteiger partial charge >= 0.3 is 0 Å². The summed E-state index contributed by atoms with van der Waals surface area (Å²) in [6.07, 6.45) is 19.4. The van der Waals surface area contributed by atoms with Gasteiger partial charge in [0.2, 0.25) is 0 Å². The van der Waals surface area contributed by atoms with Gasteiger partial charge in [-0.2, -0.15) is 0 Å². The molecule has 0 spiro atoms. The zero-order valence-corrected chi connectivity index (χ0v) is 10.3. The first-order valence-corrected chi connectivity index (χ1v) is 6.83. The van der Waals surface area contributed by atoms with Crippen LogP contribution in [0.15, 0.2) is 0 Å². The topological polar surface area (TPSA) is 0 Å². The average molecular weight is 206 g/mol. The predicted octanol–water partition coefficient (Wildman–Crippen LogP) is 4.79. The minimum absolute atomic E-state index is 0.598. The number of hydrogen-bond acceptors (Lipinski definition) is 0. The fourth-order valence-electron chi connectivity index (χ4n) is 2.65. The lowest BCUT2D eigenvalue weighted by Crippen LogP contribution is -2.13. The van der Waals surface area contributed by atoms with Crippen molar-refractivity contribution in [1.29, 1.82) is 0 Å². The second-order valence-electron chi connectivity index (χ2n) is 5.09. The van der Waals surface area contributed by atoms with E-state index in [1.807, 2.05) is 0 Å². The predicted molar refractivity (Wildman–Crippen MR) is 67.7 cm³/mol. The van der Waals surface area contributed by atoms with Gasteiger partial charge < -0.3 is 0 Å². The highest BCUT2D eigenvalue weighted by Gasteiger charge is 2.18. The van der Waals surface area contributed by atoms with Crippen molar-refractivity contribution in [3.05, 3.63) is 0 Å². The van der Waals surface area contributed by atoms with Crippen LogP contribution in [-0.2, 0) is 0 Å². The summed E-state index contributed by atoms with van der Waals surface area (Å²) < 4.78 is 0. The molecule has 0 saturated heterocycles. The van der Waals surface area contributed by atoms with Crippen LogP contribution in [0.2, 0.25) is 0 Å². The van der Waals surface area contributed by atoms with Crippen molar-refractivity contribution < 1.29 is 0 Å². The monoisotopic (exact) mass is 206 g/mol. The Morgan fingerprint density at radius 2 is 1.67 bits per heavy atom. The largest absolute Gasteiger partial charge is 0.120 e. The molecule has 1 rings (SSSR count). The Morgan fingerprint density at radius 3 is 2.27 bits per heavy atom. The lowest BCUT2D eigenvalue weighted by Gasteiger charge is -2.25. The van der Waals surface area contributed by atoms with Crippen molar-refractivity contribution in [2.75, 3.05) is 0 Å². The summed E-state index contributed by atoms with van der Waals surface area (Å²) in [7, 11) is 0. The fourth-order valence-corrected chi connectivity index (χ4v) is 2.65. The minimum Gasteiger partial charge on any atom is -0.120 e. The molecule has 0 aromatic rings. The van der Waals surface area contributed by atoms with Crippen molar-refractivity contribution >= 4 is 0 Å². The van der Waals surface area contributed by atoms with E-state index in [9.17, 15) is 0 Å². The molecule has 0 heteroatoms. The summed E-state index contributed by atoms with van der Waals surface area (Å²) in [5.74, 6) is 4.50. The van der Waals surface area contributed by atoms with Crippen LogP contribution in [0.3, 0.4) is 0 Å². The molecule has 0 unspecified atom stereocenters. The fraction of sp³-hybridized carbons (Fsp3) is 0.867. The van der Waals surface area contributed by atoms with Gasteiger partial charge in [-0.3, -0.25) is 0 Å². The van der Waals surface area contributed by atoms with Crippen LogP contribution in [0, 0.1) is 24.2 Å². The molecule has 0 atom stereocenters. The molecule has 0 heterocycles. The van der Waals surface area contributed by atoms with Gasteiger partial charge in [-0.15, -0.1) is 12.3 Å². The SMILES string of the molecule is C#CC1CCC(CCCCCCC)CC1. The summed E-state index contributed by atoms with van der Waals surface area (Å²) >= 11 is 0. The summed E-state index contributed by atoms with van der Waals surface area (Å²) in [5.41, 5.74) is 0. The molecule has 15 heavy (non-hydrogen) atoms. The Morgan fingerprint density at radius 1 is 1.00 bits per heavy atom. The number of hydrogen-bond donors (Lipinski definition) is 0. The second kappa shape index (κ2) is 7.80. The molecule has 1 fully saturated rings. The zero-order valence-electron chi connectivity index (χ0n) is 10.3. The van der Waals surface area contributed by atoms with E-state index < -0.39 is 0 Å². The summed E-state index contributed by atoms with van der Waals surface area (Å²) in [6, 6.07) is 0. The lowest BCUT2D eigenvalue weighted by molar-refractivity contribution is 0.294. The molecule has 0 bridgehead atoms. The molecule has 86 valence electrons. The van der Waals surface area contributed by atoms with E-state index in [-0.39, 0.29) is 0 Å². The first-order chi connectivity index (χ1) is 7.36. The third kappa shape index (κ3) is 5.26. The van der Waals surface area contributed by atoms with Crippen molar-refractivity contribution in [3.8, 4) is 12.3 Å². The molecule has 0 N–H and O–H groups in total. The standard InChI is InChI=1S/C15H26/c1-3-5-6-7-8-9-15-12-10-14(4-2)11-13-15/h2,14-15H,3,5-13H2,1H3. The first-order valence-electron chi connectivity index (χ1n) is 6.83. The Balaban J connectivity index is 1.97. The van der Waals surface area contributed by atoms with E-state index in [1.54, 1.807) is 0 Å². The first kappa shape index (κ1) is 12.6. The molecule has 1 aliphatic rings. The smallest absolute Gasteiger partial charge is 0.0200 e. The number of rotatable bonds is 6. The van der Waals surface area contributed by atoms with Crippen LogP contribution in [0.4, 0.5) is 0 Å². The van der Waals surface area contributed by atoms with E-state index in [1.165, 1.54) is 64.2 Å². The van der Waals surface area contributed by atoms with Crippen LogP contribution in [0.1, 0.15) is 71.1 Å². The van der Waals surface area contributed by atoms with E-state index in [4.69, 9.17) is 6.42 Å². The maximum Gasteiger partial charge on any atom is 0.0200 e. The molecule has 0 radical (unpaired) electrons. The van der Waals surface area contributed by atoms with Gasteiger partial charge in [0.1, 0.15) is 0 Å². The van der Waals surface area contributed by atoms with Gasteiger partial charge in [0.25, 0.3) is 0 Å². The zero-order chi connectivity index (χ0) is 10.9. The summed E-state index contributed by atoms with van der Waals surface area (Å²) in [6.45, 7) is 2.28. The third-order valence-electron chi connectivity index (χ3n) is 3.80. The molecular weight excluding hydrogens is 180 g/mol. The Bertz CT molecular complexity index is 179. The van der Waals surface area contributed by atoms with Gasteiger partial charge in [0.15, 0.2) is 0 Å². The highest BCUT2D eigenvalue weighted by atomic mass is 14.2. The van der Waals surface area contributed by atoms with Crippen LogP contribution in [0.5, 0.6) is 0 Å². The molecule has 0 aliphatic heterocycles.